The van der Waals surface area contributed by atoms with Crippen LogP contribution in [0.4, 0.5) is 8.78 Å². The van der Waals surface area contributed by atoms with Crippen LogP contribution in [0.2, 0.25) is 0 Å². The number of rotatable bonds is 7. The van der Waals surface area contributed by atoms with E-state index < -0.39 is 11.6 Å². The van der Waals surface area contributed by atoms with Gasteiger partial charge in [0, 0.05) is 10.9 Å². The molecular weight excluding hydrogens is 396 g/mol. The van der Waals surface area contributed by atoms with Crippen LogP contribution in [-0.4, -0.2) is 31.7 Å². The molecule has 0 amide bonds. The number of thiazole rings is 1. The van der Waals surface area contributed by atoms with Gasteiger partial charge in [-0.1, -0.05) is 12.1 Å². The molecule has 0 N–H and O–H groups in total. The number of benzene rings is 2. The minimum absolute atomic E-state index is 0.413. The van der Waals surface area contributed by atoms with E-state index in [4.69, 9.17) is 9.47 Å². The summed E-state index contributed by atoms with van der Waals surface area (Å²) in [6.45, 7) is 4.09. The Balaban J connectivity index is 2.15. The fourth-order valence-electron chi connectivity index (χ4n) is 2.58. The molecule has 150 valence electrons. The Morgan fingerprint density at radius 1 is 1.10 bits per heavy atom. The van der Waals surface area contributed by atoms with Crippen molar-refractivity contribution in [2.75, 3.05) is 20.8 Å². The van der Waals surface area contributed by atoms with Gasteiger partial charge in [-0.15, -0.1) is 17.9 Å². The molecule has 0 spiro atoms. The van der Waals surface area contributed by atoms with E-state index in [1.165, 1.54) is 23.6 Å². The number of ether oxygens (including phenoxy) is 2. The normalized spacial score (nSPS) is 11.8. The van der Waals surface area contributed by atoms with Crippen molar-refractivity contribution in [3.05, 3.63) is 76.4 Å². The maximum absolute atomic E-state index is 13.5. The zero-order valence-electron chi connectivity index (χ0n) is 15.9. The Morgan fingerprint density at radius 2 is 1.93 bits per heavy atom. The summed E-state index contributed by atoms with van der Waals surface area (Å²) < 4.78 is 39.1. The Bertz CT molecular complexity index is 1120. The van der Waals surface area contributed by atoms with Crippen LogP contribution in [0.5, 0.6) is 11.5 Å². The maximum atomic E-state index is 13.5. The van der Waals surface area contributed by atoms with E-state index in [0.29, 0.717) is 34.1 Å². The lowest BCUT2D eigenvalue weighted by atomic mass is 10.1. The number of nitrogens with zero attached hydrogens (tertiary/aromatic N) is 3. The summed E-state index contributed by atoms with van der Waals surface area (Å²) in [4.78, 5) is 5.07. The second-order valence-corrected chi connectivity index (χ2v) is 6.67. The van der Waals surface area contributed by atoms with Gasteiger partial charge in [0.1, 0.15) is 11.5 Å². The van der Waals surface area contributed by atoms with Crippen molar-refractivity contribution in [2.45, 2.75) is 0 Å². The number of hydrogen-bond acceptors (Lipinski definition) is 5. The number of hydrogen-bond donors (Lipinski definition) is 0. The monoisotopic (exact) mass is 415 g/mol. The Kier molecular flexibility index (Phi) is 6.56. The molecule has 3 aromatic rings. The van der Waals surface area contributed by atoms with Crippen molar-refractivity contribution in [1.29, 1.82) is 0 Å². The van der Waals surface area contributed by atoms with E-state index in [1.807, 2.05) is 11.4 Å². The molecule has 1 aromatic heterocycles. The molecule has 0 saturated carbocycles. The van der Waals surface area contributed by atoms with Crippen LogP contribution in [-0.2, 0) is 0 Å². The van der Waals surface area contributed by atoms with Crippen LogP contribution in [0.15, 0.2) is 64.5 Å². The van der Waals surface area contributed by atoms with Gasteiger partial charge in [0.25, 0.3) is 0 Å². The Hall–Kier alpha value is -3.26. The topological polar surface area (TPSA) is 48.1 Å². The van der Waals surface area contributed by atoms with Gasteiger partial charge in [-0.05, 0) is 35.9 Å². The fraction of sp³-hybridized carbons (Fsp3) is 0.143. The molecule has 8 heteroatoms. The van der Waals surface area contributed by atoms with Crippen LogP contribution in [0.1, 0.15) is 5.56 Å². The van der Waals surface area contributed by atoms with E-state index in [-0.39, 0.29) is 0 Å². The molecule has 0 aliphatic carbocycles. The summed E-state index contributed by atoms with van der Waals surface area (Å²) in [5.41, 5.74) is 1.89. The summed E-state index contributed by atoms with van der Waals surface area (Å²) in [7, 11) is 3.16. The highest BCUT2D eigenvalue weighted by Crippen LogP contribution is 2.33. The first-order chi connectivity index (χ1) is 14.1. The van der Waals surface area contributed by atoms with Crippen LogP contribution >= 0.6 is 11.3 Å². The summed E-state index contributed by atoms with van der Waals surface area (Å²) in [6.07, 6.45) is 3.12. The molecule has 1 heterocycles. The lowest BCUT2D eigenvalue weighted by molar-refractivity contribution is 0.404. The zero-order valence-corrected chi connectivity index (χ0v) is 16.7. The largest absolute Gasteiger partial charge is 0.497 e. The van der Waals surface area contributed by atoms with Gasteiger partial charge in [0.2, 0.25) is 4.80 Å². The first-order valence-electron chi connectivity index (χ1n) is 8.61. The van der Waals surface area contributed by atoms with Gasteiger partial charge in [-0.25, -0.2) is 13.5 Å². The van der Waals surface area contributed by atoms with Gasteiger partial charge >= 0.3 is 0 Å². The Morgan fingerprint density at radius 3 is 2.62 bits per heavy atom. The summed E-state index contributed by atoms with van der Waals surface area (Å²) >= 11 is 1.39. The first-order valence-corrected chi connectivity index (χ1v) is 9.49. The van der Waals surface area contributed by atoms with E-state index in [9.17, 15) is 8.78 Å². The zero-order chi connectivity index (χ0) is 20.8. The van der Waals surface area contributed by atoms with Gasteiger partial charge in [0.15, 0.2) is 11.6 Å². The summed E-state index contributed by atoms with van der Waals surface area (Å²) in [5.74, 6) is -0.548. The highest BCUT2D eigenvalue weighted by atomic mass is 32.1. The lowest BCUT2D eigenvalue weighted by Gasteiger charge is -2.11. The van der Waals surface area contributed by atoms with E-state index in [1.54, 1.807) is 37.1 Å². The third-order valence-electron chi connectivity index (χ3n) is 3.99. The lowest BCUT2D eigenvalue weighted by Crippen LogP contribution is -2.12. The molecule has 2 aromatic carbocycles. The molecule has 0 aliphatic heterocycles. The molecule has 0 fully saturated rings. The molecule has 0 unspecified atom stereocenters. The van der Waals surface area contributed by atoms with Crippen LogP contribution < -0.4 is 14.3 Å². The number of aromatic nitrogens is 1. The molecule has 3 rings (SSSR count). The Labute approximate surface area is 170 Å². The molecule has 29 heavy (non-hydrogen) atoms. The second-order valence-electron chi connectivity index (χ2n) is 5.83. The first kappa shape index (κ1) is 20.5. The smallest absolute Gasteiger partial charge is 0.206 e. The third-order valence-corrected chi connectivity index (χ3v) is 4.84. The van der Waals surface area contributed by atoms with Gasteiger partial charge in [-0.2, -0.15) is 5.10 Å². The fourth-order valence-corrected chi connectivity index (χ4v) is 3.42. The van der Waals surface area contributed by atoms with Gasteiger partial charge < -0.3 is 9.47 Å². The average Bonchev–Trinajstić information content (AvgIpc) is 3.15. The molecule has 5 nitrogen and oxygen atoms in total. The van der Waals surface area contributed by atoms with E-state index in [0.717, 1.165) is 17.7 Å². The summed E-state index contributed by atoms with van der Waals surface area (Å²) in [6, 6.07) is 9.02. The summed E-state index contributed by atoms with van der Waals surface area (Å²) in [5, 5.41) is 6.35. The standard InChI is InChI=1S/C21H19F2N3O2S/c1-4-9-24-21-26(25-12-14-5-7-17(22)18(23)10-14)19(13-29-21)16-11-15(27-2)6-8-20(16)28-3/h4-8,10-13H,1,9H2,2-3H3. The van der Waals surface area contributed by atoms with Crippen LogP contribution in [0.25, 0.3) is 11.3 Å². The molecule has 0 atom stereocenters. The van der Waals surface area contributed by atoms with Crippen molar-refractivity contribution >= 4 is 17.6 Å². The van der Waals surface area contributed by atoms with E-state index >= 15 is 0 Å². The molecule has 0 bridgehead atoms. The minimum Gasteiger partial charge on any atom is -0.497 e. The van der Waals surface area contributed by atoms with Crippen molar-refractivity contribution in [2.24, 2.45) is 10.1 Å². The average molecular weight is 415 g/mol. The highest BCUT2D eigenvalue weighted by Gasteiger charge is 2.14. The van der Waals surface area contributed by atoms with Gasteiger partial charge in [0.05, 0.1) is 32.7 Å². The number of methoxy groups -OCH3 is 2. The minimum atomic E-state index is -0.935. The predicted octanol–water partition coefficient (Wildman–Crippen LogP) is 4.48. The highest BCUT2D eigenvalue weighted by molar-refractivity contribution is 7.07. The predicted molar refractivity (Wildman–Crippen MR) is 111 cm³/mol. The molecule has 0 aliphatic rings. The van der Waals surface area contributed by atoms with Crippen molar-refractivity contribution in [3.63, 3.8) is 0 Å². The molecule has 0 radical (unpaired) electrons. The second kappa shape index (κ2) is 9.29. The van der Waals surface area contributed by atoms with Crippen molar-refractivity contribution < 1.29 is 18.3 Å². The van der Waals surface area contributed by atoms with Crippen LogP contribution in [0, 0.1) is 11.6 Å². The van der Waals surface area contributed by atoms with Crippen LogP contribution in [0.3, 0.4) is 0 Å². The maximum Gasteiger partial charge on any atom is 0.206 e. The molecule has 0 saturated heterocycles. The van der Waals surface area contributed by atoms with E-state index in [2.05, 4.69) is 16.7 Å². The van der Waals surface area contributed by atoms with Gasteiger partial charge in [-0.3, -0.25) is 4.99 Å². The third kappa shape index (κ3) is 4.60. The quantitative estimate of drug-likeness (QED) is 0.422. The molecular formula is C21H19F2N3O2S. The van der Waals surface area contributed by atoms with Crippen molar-refractivity contribution in [3.8, 4) is 22.8 Å². The van der Waals surface area contributed by atoms with Crippen molar-refractivity contribution in [1.82, 2.24) is 4.68 Å². The number of halogens is 2. The SMILES string of the molecule is C=CCN=c1scc(-c2cc(OC)ccc2OC)n1N=Cc1ccc(F)c(F)c1.